The van der Waals surface area contributed by atoms with Gasteiger partial charge in [-0.05, 0) is 56.9 Å². The molecule has 2 N–H and O–H groups in total. The number of halogens is 1. The summed E-state index contributed by atoms with van der Waals surface area (Å²) in [5.74, 6) is -0.0635. The van der Waals surface area contributed by atoms with Crippen LogP contribution < -0.4 is 5.73 Å². The van der Waals surface area contributed by atoms with E-state index in [-0.39, 0.29) is 5.82 Å². The molecule has 0 aromatic heterocycles. The number of hydrogen-bond donors (Lipinski definition) is 1. The summed E-state index contributed by atoms with van der Waals surface area (Å²) in [7, 11) is 0. The summed E-state index contributed by atoms with van der Waals surface area (Å²) in [6, 6.07) is 5.63. The second-order valence-corrected chi connectivity index (χ2v) is 4.80. The Balaban J connectivity index is 1.98. The summed E-state index contributed by atoms with van der Waals surface area (Å²) in [5.41, 5.74) is 7.33. The third-order valence-corrected chi connectivity index (χ3v) is 3.38. The Hall–Kier alpha value is -0.930. The molecule has 1 aromatic carbocycles. The Morgan fingerprint density at radius 1 is 1.24 bits per heavy atom. The highest BCUT2D eigenvalue weighted by Crippen LogP contribution is 2.17. The lowest BCUT2D eigenvalue weighted by Gasteiger charge is -2.15. The van der Waals surface area contributed by atoms with E-state index in [1.54, 1.807) is 6.07 Å². The third-order valence-electron chi connectivity index (χ3n) is 3.38. The number of benzene rings is 1. The Kier molecular flexibility index (Phi) is 4.51. The van der Waals surface area contributed by atoms with Gasteiger partial charge in [-0.2, -0.15) is 0 Å². The summed E-state index contributed by atoms with van der Waals surface area (Å²) < 4.78 is 13.9. The first kappa shape index (κ1) is 12.5. The van der Waals surface area contributed by atoms with Gasteiger partial charge in [0.2, 0.25) is 0 Å². The number of nitrogens with two attached hydrogens (primary N) is 1. The van der Waals surface area contributed by atoms with Gasteiger partial charge in [0, 0.05) is 12.1 Å². The monoisotopic (exact) mass is 236 g/mol. The van der Waals surface area contributed by atoms with Gasteiger partial charge < -0.3 is 5.73 Å². The van der Waals surface area contributed by atoms with Crippen LogP contribution in [0.4, 0.5) is 4.39 Å². The number of aryl methyl sites for hydroxylation is 1. The van der Waals surface area contributed by atoms with Crippen LogP contribution >= 0.6 is 0 Å². The third kappa shape index (κ3) is 3.51. The van der Waals surface area contributed by atoms with E-state index in [0.717, 1.165) is 43.6 Å². The molecular weight excluding hydrogens is 215 g/mol. The fourth-order valence-corrected chi connectivity index (χ4v) is 2.36. The number of rotatable bonds is 5. The molecule has 1 fully saturated rings. The molecule has 0 unspecified atom stereocenters. The highest BCUT2D eigenvalue weighted by molar-refractivity contribution is 5.24. The van der Waals surface area contributed by atoms with Gasteiger partial charge in [-0.25, -0.2) is 4.39 Å². The zero-order valence-electron chi connectivity index (χ0n) is 10.3. The quantitative estimate of drug-likeness (QED) is 0.850. The topological polar surface area (TPSA) is 29.3 Å². The van der Waals surface area contributed by atoms with Crippen molar-refractivity contribution in [1.29, 1.82) is 0 Å². The van der Waals surface area contributed by atoms with Crippen molar-refractivity contribution in [3.63, 3.8) is 0 Å². The van der Waals surface area contributed by atoms with E-state index < -0.39 is 0 Å². The Labute approximate surface area is 103 Å². The molecule has 0 aliphatic carbocycles. The lowest BCUT2D eigenvalue weighted by molar-refractivity contribution is 0.325. The predicted octanol–water partition coefficient (Wildman–Crippen LogP) is 2.31. The smallest absolute Gasteiger partial charge is 0.127 e. The molecule has 94 valence electrons. The van der Waals surface area contributed by atoms with E-state index in [4.69, 9.17) is 5.73 Å². The van der Waals surface area contributed by atoms with Crippen molar-refractivity contribution in [3.05, 3.63) is 35.1 Å². The van der Waals surface area contributed by atoms with Crippen molar-refractivity contribution in [2.75, 3.05) is 19.6 Å². The van der Waals surface area contributed by atoms with Crippen molar-refractivity contribution < 1.29 is 4.39 Å². The van der Waals surface area contributed by atoms with E-state index in [0.29, 0.717) is 6.54 Å². The lowest BCUT2D eigenvalue weighted by Crippen LogP contribution is -2.19. The summed E-state index contributed by atoms with van der Waals surface area (Å²) in [5, 5.41) is 0. The second kappa shape index (κ2) is 6.12. The first-order valence-corrected chi connectivity index (χ1v) is 6.49. The summed E-state index contributed by atoms with van der Waals surface area (Å²) >= 11 is 0. The zero-order valence-corrected chi connectivity index (χ0v) is 10.3. The molecule has 0 radical (unpaired) electrons. The summed E-state index contributed by atoms with van der Waals surface area (Å²) in [6.07, 6.45) is 4.29. The van der Waals surface area contributed by atoms with Crippen LogP contribution in [0.1, 0.15) is 30.4 Å². The van der Waals surface area contributed by atoms with Gasteiger partial charge in [-0.15, -0.1) is 0 Å². The minimum absolute atomic E-state index is 0.0635. The van der Waals surface area contributed by atoms with E-state index in [2.05, 4.69) is 4.90 Å². The molecular formula is C14H21FN2. The second-order valence-electron chi connectivity index (χ2n) is 4.80. The average Bonchev–Trinajstić information content (AvgIpc) is 2.82. The Bertz CT molecular complexity index is 359. The van der Waals surface area contributed by atoms with Crippen molar-refractivity contribution in [3.8, 4) is 0 Å². The molecule has 0 atom stereocenters. The van der Waals surface area contributed by atoms with Gasteiger partial charge in [0.25, 0.3) is 0 Å². The first-order chi connectivity index (χ1) is 8.29. The molecule has 1 aliphatic heterocycles. The molecule has 0 saturated carbocycles. The fourth-order valence-electron chi connectivity index (χ4n) is 2.36. The van der Waals surface area contributed by atoms with E-state index >= 15 is 0 Å². The van der Waals surface area contributed by atoms with E-state index in [9.17, 15) is 4.39 Å². The van der Waals surface area contributed by atoms with E-state index in [1.165, 1.54) is 12.8 Å². The molecule has 0 spiro atoms. The van der Waals surface area contributed by atoms with Gasteiger partial charge >= 0.3 is 0 Å². The van der Waals surface area contributed by atoms with Crippen LogP contribution in [0.25, 0.3) is 0 Å². The van der Waals surface area contributed by atoms with Crippen LogP contribution in [-0.4, -0.2) is 24.5 Å². The highest BCUT2D eigenvalue weighted by Gasteiger charge is 2.13. The molecule has 1 saturated heterocycles. The molecule has 3 heteroatoms. The molecule has 17 heavy (non-hydrogen) atoms. The molecule has 0 bridgehead atoms. The fraction of sp³-hybridized carbons (Fsp3) is 0.571. The van der Waals surface area contributed by atoms with E-state index in [1.807, 2.05) is 12.1 Å². The van der Waals surface area contributed by atoms with Crippen molar-refractivity contribution in [2.45, 2.75) is 32.2 Å². The van der Waals surface area contributed by atoms with Crippen molar-refractivity contribution in [2.24, 2.45) is 5.73 Å². The molecule has 1 heterocycles. The molecule has 2 nitrogen and oxygen atoms in total. The van der Waals surface area contributed by atoms with Gasteiger partial charge in [0.1, 0.15) is 5.82 Å². The number of likely N-dealkylation sites (tertiary alicyclic amines) is 1. The van der Waals surface area contributed by atoms with Crippen LogP contribution in [0.3, 0.4) is 0 Å². The molecule has 1 aliphatic rings. The normalized spacial score (nSPS) is 16.6. The van der Waals surface area contributed by atoms with Crippen LogP contribution in [0.2, 0.25) is 0 Å². The van der Waals surface area contributed by atoms with Crippen molar-refractivity contribution >= 4 is 0 Å². The van der Waals surface area contributed by atoms with Crippen LogP contribution in [0.5, 0.6) is 0 Å². The average molecular weight is 236 g/mol. The summed E-state index contributed by atoms with van der Waals surface area (Å²) in [4.78, 5) is 2.32. The Morgan fingerprint density at radius 2 is 2.00 bits per heavy atom. The molecule has 2 rings (SSSR count). The summed E-state index contributed by atoms with van der Waals surface area (Å²) in [6.45, 7) is 3.63. The lowest BCUT2D eigenvalue weighted by atomic mass is 10.1. The van der Waals surface area contributed by atoms with Crippen LogP contribution in [0, 0.1) is 5.82 Å². The predicted molar refractivity (Wildman–Crippen MR) is 68.3 cm³/mol. The Morgan fingerprint density at radius 3 is 2.65 bits per heavy atom. The van der Waals surface area contributed by atoms with Gasteiger partial charge in [0.15, 0.2) is 0 Å². The largest absolute Gasteiger partial charge is 0.330 e. The van der Waals surface area contributed by atoms with Gasteiger partial charge in [-0.3, -0.25) is 4.90 Å². The van der Waals surface area contributed by atoms with Crippen LogP contribution in [-0.2, 0) is 13.0 Å². The molecule has 0 amide bonds. The first-order valence-electron chi connectivity index (χ1n) is 6.49. The maximum absolute atomic E-state index is 13.9. The number of hydrogen-bond acceptors (Lipinski definition) is 2. The highest BCUT2D eigenvalue weighted by atomic mass is 19.1. The maximum Gasteiger partial charge on any atom is 0.127 e. The minimum atomic E-state index is -0.0635. The zero-order chi connectivity index (χ0) is 12.1. The van der Waals surface area contributed by atoms with Crippen molar-refractivity contribution in [1.82, 2.24) is 4.90 Å². The maximum atomic E-state index is 13.9. The SMILES string of the molecule is NCCCc1ccc(CN2CCCC2)c(F)c1. The van der Waals surface area contributed by atoms with Crippen LogP contribution in [0.15, 0.2) is 18.2 Å². The standard InChI is InChI=1S/C14H21FN2/c15-14-10-12(4-3-7-16)5-6-13(14)11-17-8-1-2-9-17/h5-6,10H,1-4,7-9,11,16H2. The van der Waals surface area contributed by atoms with Gasteiger partial charge in [-0.1, -0.05) is 12.1 Å². The number of nitrogens with zero attached hydrogens (tertiary/aromatic N) is 1. The van der Waals surface area contributed by atoms with Gasteiger partial charge in [0.05, 0.1) is 0 Å². The molecule has 1 aromatic rings. The minimum Gasteiger partial charge on any atom is -0.330 e.